The van der Waals surface area contributed by atoms with Gasteiger partial charge in [0.25, 0.3) is 0 Å². The van der Waals surface area contributed by atoms with E-state index >= 15 is 0 Å². The SMILES string of the molecule is CNC(=O)/C=C/c1cccc(-c2cnc(Nc3cc(OC)cc(C(F)(F)F)c3)nc2NCCc2ccncc2)c1. The van der Waals surface area contributed by atoms with E-state index in [1.807, 2.05) is 36.4 Å². The molecule has 0 aliphatic rings. The van der Waals surface area contributed by atoms with Crippen LogP contribution in [0.3, 0.4) is 0 Å². The number of likely N-dealkylation sites (N-methyl/N-ethyl adjacent to an activating group) is 1. The summed E-state index contributed by atoms with van der Waals surface area (Å²) in [5.41, 5.74) is 2.61. The summed E-state index contributed by atoms with van der Waals surface area (Å²) in [5, 5.41) is 8.72. The highest BCUT2D eigenvalue weighted by Crippen LogP contribution is 2.35. The van der Waals surface area contributed by atoms with Crippen molar-refractivity contribution in [1.82, 2.24) is 20.3 Å². The van der Waals surface area contributed by atoms with E-state index in [1.54, 1.807) is 31.7 Å². The Hall–Kier alpha value is -4.93. The molecule has 0 aliphatic carbocycles. The average molecular weight is 549 g/mol. The minimum atomic E-state index is -4.55. The number of aromatic nitrogens is 3. The number of pyridine rings is 1. The number of halogens is 3. The molecule has 2 heterocycles. The molecule has 0 unspecified atom stereocenters. The molecule has 4 aromatic rings. The van der Waals surface area contributed by atoms with Gasteiger partial charge in [0, 0.05) is 55.6 Å². The highest BCUT2D eigenvalue weighted by atomic mass is 19.4. The summed E-state index contributed by atoms with van der Waals surface area (Å²) in [6.45, 7) is 0.529. The number of alkyl halides is 3. The Balaban J connectivity index is 1.66. The number of carbonyl (C=O) groups is 1. The van der Waals surface area contributed by atoms with Crippen molar-refractivity contribution in [2.75, 3.05) is 31.3 Å². The number of carbonyl (C=O) groups excluding carboxylic acids is 1. The quantitative estimate of drug-likeness (QED) is 0.218. The van der Waals surface area contributed by atoms with E-state index in [4.69, 9.17) is 4.74 Å². The predicted molar refractivity (Wildman–Crippen MR) is 148 cm³/mol. The van der Waals surface area contributed by atoms with Gasteiger partial charge in [-0.2, -0.15) is 18.2 Å². The Bertz CT molecular complexity index is 1490. The zero-order valence-electron chi connectivity index (χ0n) is 21.8. The number of nitrogens with zero attached hydrogens (tertiary/aromatic N) is 3. The monoisotopic (exact) mass is 548 g/mol. The Labute approximate surface area is 229 Å². The Morgan fingerprint density at radius 3 is 2.60 bits per heavy atom. The van der Waals surface area contributed by atoms with Crippen LogP contribution in [0.1, 0.15) is 16.7 Å². The van der Waals surface area contributed by atoms with Gasteiger partial charge < -0.3 is 20.7 Å². The molecule has 0 saturated heterocycles. The molecule has 3 N–H and O–H groups in total. The van der Waals surface area contributed by atoms with Crippen LogP contribution in [-0.4, -0.2) is 41.6 Å². The fraction of sp³-hybridized carbons (Fsp3) is 0.172. The maximum atomic E-state index is 13.4. The van der Waals surface area contributed by atoms with Gasteiger partial charge in [-0.3, -0.25) is 9.78 Å². The molecule has 2 aromatic heterocycles. The number of hydrogen-bond acceptors (Lipinski definition) is 7. The molecule has 0 radical (unpaired) electrons. The summed E-state index contributed by atoms with van der Waals surface area (Å²) in [6, 6.07) is 14.6. The first-order valence-electron chi connectivity index (χ1n) is 12.3. The van der Waals surface area contributed by atoms with Crippen LogP contribution in [0.15, 0.2) is 79.3 Å². The van der Waals surface area contributed by atoms with Crippen LogP contribution < -0.4 is 20.7 Å². The number of ether oxygens (including phenoxy) is 1. The molecule has 11 heteroatoms. The topological polar surface area (TPSA) is 101 Å². The Kier molecular flexibility index (Phi) is 8.95. The van der Waals surface area contributed by atoms with Gasteiger partial charge in [-0.1, -0.05) is 18.2 Å². The van der Waals surface area contributed by atoms with Crippen LogP contribution >= 0.6 is 0 Å². The minimum absolute atomic E-state index is 0.0475. The fourth-order valence-electron chi connectivity index (χ4n) is 3.81. The van der Waals surface area contributed by atoms with E-state index in [1.165, 1.54) is 19.3 Å². The normalized spacial score (nSPS) is 11.3. The van der Waals surface area contributed by atoms with E-state index in [0.717, 1.165) is 28.8 Å². The smallest absolute Gasteiger partial charge is 0.416 e. The molecule has 206 valence electrons. The van der Waals surface area contributed by atoms with Crippen molar-refractivity contribution < 1.29 is 22.7 Å². The maximum absolute atomic E-state index is 13.4. The standard InChI is InChI=1S/C29H27F3N6O2/c1-33-26(39)7-6-20-4-3-5-21(14-20)25-18-36-28(38-27(25)35-13-10-19-8-11-34-12-9-19)37-23-15-22(29(30,31)32)16-24(17-23)40-2/h3-9,11-12,14-18H,10,13H2,1-2H3,(H,33,39)(H2,35,36,37,38)/b7-6+. The molecule has 8 nitrogen and oxygen atoms in total. The average Bonchev–Trinajstić information content (AvgIpc) is 2.96. The number of anilines is 3. The lowest BCUT2D eigenvalue weighted by atomic mass is 10.0. The van der Waals surface area contributed by atoms with Crippen LogP contribution in [0.5, 0.6) is 5.75 Å². The van der Waals surface area contributed by atoms with Crippen molar-refractivity contribution in [2.24, 2.45) is 0 Å². The molecule has 1 amide bonds. The molecule has 0 fully saturated rings. The summed E-state index contributed by atoms with van der Waals surface area (Å²) < 4.78 is 45.3. The largest absolute Gasteiger partial charge is 0.497 e. The van der Waals surface area contributed by atoms with Gasteiger partial charge >= 0.3 is 6.18 Å². The second-order valence-electron chi connectivity index (χ2n) is 8.63. The van der Waals surface area contributed by atoms with E-state index in [9.17, 15) is 18.0 Å². The predicted octanol–water partition coefficient (Wildman–Crippen LogP) is 5.72. The van der Waals surface area contributed by atoms with Gasteiger partial charge in [-0.25, -0.2) is 4.98 Å². The number of methoxy groups -OCH3 is 1. The van der Waals surface area contributed by atoms with Crippen LogP contribution in [0, 0.1) is 0 Å². The molecular formula is C29H27F3N6O2. The number of benzene rings is 2. The van der Waals surface area contributed by atoms with Crippen LogP contribution in [0.25, 0.3) is 17.2 Å². The van der Waals surface area contributed by atoms with Crippen LogP contribution in [0.4, 0.5) is 30.6 Å². The Morgan fingerprint density at radius 2 is 1.88 bits per heavy atom. The van der Waals surface area contributed by atoms with Crippen molar-refractivity contribution >= 4 is 29.4 Å². The maximum Gasteiger partial charge on any atom is 0.416 e. The van der Waals surface area contributed by atoms with Gasteiger partial charge in [0.2, 0.25) is 11.9 Å². The highest BCUT2D eigenvalue weighted by Gasteiger charge is 2.31. The first-order chi connectivity index (χ1) is 19.2. The zero-order valence-corrected chi connectivity index (χ0v) is 21.8. The van der Waals surface area contributed by atoms with Crippen molar-refractivity contribution in [3.05, 3.63) is 96.0 Å². The van der Waals surface area contributed by atoms with Gasteiger partial charge in [0.1, 0.15) is 11.6 Å². The van der Waals surface area contributed by atoms with E-state index in [2.05, 4.69) is 30.9 Å². The van der Waals surface area contributed by atoms with Crippen LogP contribution in [-0.2, 0) is 17.4 Å². The van der Waals surface area contributed by atoms with Crippen LogP contribution in [0.2, 0.25) is 0 Å². The van der Waals surface area contributed by atoms with Gasteiger partial charge in [0.05, 0.1) is 12.7 Å². The molecule has 0 saturated carbocycles. The third-order valence-electron chi connectivity index (χ3n) is 5.84. The van der Waals surface area contributed by atoms with Crippen molar-refractivity contribution in [2.45, 2.75) is 12.6 Å². The van der Waals surface area contributed by atoms with Crippen molar-refractivity contribution in [1.29, 1.82) is 0 Å². The lowest BCUT2D eigenvalue weighted by molar-refractivity contribution is -0.137. The lowest BCUT2D eigenvalue weighted by Crippen LogP contribution is -2.13. The highest BCUT2D eigenvalue weighted by molar-refractivity contribution is 5.91. The van der Waals surface area contributed by atoms with Crippen molar-refractivity contribution in [3.8, 4) is 16.9 Å². The summed E-state index contributed by atoms with van der Waals surface area (Å²) in [4.78, 5) is 24.6. The molecule has 40 heavy (non-hydrogen) atoms. The zero-order chi connectivity index (χ0) is 28.5. The van der Waals surface area contributed by atoms with Crippen molar-refractivity contribution in [3.63, 3.8) is 0 Å². The number of rotatable bonds is 10. The molecule has 0 atom stereocenters. The molecule has 0 spiro atoms. The number of hydrogen-bond donors (Lipinski definition) is 3. The van der Waals surface area contributed by atoms with Gasteiger partial charge in [-0.05, 0) is 59.5 Å². The molecule has 4 rings (SSSR count). The minimum Gasteiger partial charge on any atom is -0.497 e. The molecular weight excluding hydrogens is 521 g/mol. The third kappa shape index (κ3) is 7.56. The first-order valence-corrected chi connectivity index (χ1v) is 12.3. The second kappa shape index (κ2) is 12.7. The summed E-state index contributed by atoms with van der Waals surface area (Å²) in [7, 11) is 2.85. The number of nitrogens with one attached hydrogen (secondary N) is 3. The summed E-state index contributed by atoms with van der Waals surface area (Å²) in [6.07, 6.45) is 4.29. The summed E-state index contributed by atoms with van der Waals surface area (Å²) >= 11 is 0. The number of amides is 1. The van der Waals surface area contributed by atoms with Gasteiger partial charge in [0.15, 0.2) is 0 Å². The Morgan fingerprint density at radius 1 is 1.07 bits per heavy atom. The third-order valence-corrected chi connectivity index (χ3v) is 5.84. The second-order valence-corrected chi connectivity index (χ2v) is 8.63. The first kappa shape index (κ1) is 28.1. The van der Waals surface area contributed by atoms with E-state index in [0.29, 0.717) is 24.3 Å². The van der Waals surface area contributed by atoms with E-state index in [-0.39, 0.29) is 23.3 Å². The van der Waals surface area contributed by atoms with E-state index < -0.39 is 11.7 Å². The summed E-state index contributed by atoms with van der Waals surface area (Å²) in [5.74, 6) is 0.408. The molecule has 0 bridgehead atoms. The van der Waals surface area contributed by atoms with Gasteiger partial charge in [-0.15, -0.1) is 0 Å². The fourth-order valence-corrected chi connectivity index (χ4v) is 3.81. The lowest BCUT2D eigenvalue weighted by Gasteiger charge is -2.15. The molecule has 0 aliphatic heterocycles. The molecule has 2 aromatic carbocycles.